The SMILES string of the molecule is CCCCN(C)c1ccc(C(=O)Nc2ccc(N3CCOCC3)cn2)cc1. The van der Waals surface area contributed by atoms with Crippen molar-refractivity contribution < 1.29 is 9.53 Å². The van der Waals surface area contributed by atoms with Crippen molar-refractivity contribution in [3.05, 3.63) is 48.2 Å². The quantitative estimate of drug-likeness (QED) is 0.812. The molecule has 6 nitrogen and oxygen atoms in total. The Balaban J connectivity index is 1.58. The van der Waals surface area contributed by atoms with Crippen LogP contribution in [0.15, 0.2) is 42.6 Å². The smallest absolute Gasteiger partial charge is 0.256 e. The molecule has 0 spiro atoms. The van der Waals surface area contributed by atoms with Gasteiger partial charge in [-0.3, -0.25) is 4.79 Å². The largest absolute Gasteiger partial charge is 0.378 e. The predicted octanol–water partition coefficient (Wildman–Crippen LogP) is 3.41. The fraction of sp³-hybridized carbons (Fsp3) is 0.429. The van der Waals surface area contributed by atoms with Crippen molar-refractivity contribution in [3.8, 4) is 0 Å². The van der Waals surface area contributed by atoms with E-state index in [1.807, 2.05) is 36.4 Å². The van der Waals surface area contributed by atoms with Crippen LogP contribution in [0.5, 0.6) is 0 Å². The van der Waals surface area contributed by atoms with E-state index in [1.54, 1.807) is 6.20 Å². The third-order valence-corrected chi connectivity index (χ3v) is 4.78. The van der Waals surface area contributed by atoms with E-state index in [2.05, 4.69) is 34.1 Å². The molecular weight excluding hydrogens is 340 g/mol. The first kappa shape index (κ1) is 19.2. The third-order valence-electron chi connectivity index (χ3n) is 4.78. The molecule has 1 fully saturated rings. The van der Waals surface area contributed by atoms with Crippen molar-refractivity contribution in [1.29, 1.82) is 0 Å². The Labute approximate surface area is 161 Å². The highest BCUT2D eigenvalue weighted by Crippen LogP contribution is 2.18. The lowest BCUT2D eigenvalue weighted by Crippen LogP contribution is -2.36. The number of unbranched alkanes of at least 4 members (excludes halogenated alkanes) is 1. The number of carbonyl (C=O) groups is 1. The minimum absolute atomic E-state index is 0.149. The van der Waals surface area contributed by atoms with Crippen molar-refractivity contribution in [2.45, 2.75) is 19.8 Å². The molecule has 0 atom stereocenters. The van der Waals surface area contributed by atoms with Gasteiger partial charge in [0.1, 0.15) is 5.82 Å². The Bertz CT molecular complexity index is 725. The summed E-state index contributed by atoms with van der Waals surface area (Å²) in [4.78, 5) is 21.3. The number of hydrogen-bond donors (Lipinski definition) is 1. The molecule has 1 aromatic heterocycles. The number of nitrogens with one attached hydrogen (secondary N) is 1. The van der Waals surface area contributed by atoms with Gasteiger partial charge in [-0.05, 0) is 42.8 Å². The van der Waals surface area contributed by atoms with Crippen LogP contribution < -0.4 is 15.1 Å². The maximum Gasteiger partial charge on any atom is 0.256 e. The van der Waals surface area contributed by atoms with Crippen molar-refractivity contribution >= 4 is 23.1 Å². The molecule has 0 radical (unpaired) electrons. The Morgan fingerprint density at radius 1 is 1.19 bits per heavy atom. The molecule has 27 heavy (non-hydrogen) atoms. The van der Waals surface area contributed by atoms with Crippen molar-refractivity contribution in [2.75, 3.05) is 55.0 Å². The lowest BCUT2D eigenvalue weighted by atomic mass is 10.1. The van der Waals surface area contributed by atoms with E-state index in [0.717, 1.165) is 50.6 Å². The maximum atomic E-state index is 12.5. The highest BCUT2D eigenvalue weighted by molar-refractivity contribution is 6.04. The van der Waals surface area contributed by atoms with E-state index >= 15 is 0 Å². The summed E-state index contributed by atoms with van der Waals surface area (Å²) in [6, 6.07) is 11.5. The number of benzene rings is 1. The van der Waals surface area contributed by atoms with Gasteiger partial charge in [0.2, 0.25) is 0 Å². The van der Waals surface area contributed by atoms with Gasteiger partial charge in [0.15, 0.2) is 0 Å². The number of carbonyl (C=O) groups excluding carboxylic acids is 1. The number of rotatable bonds is 7. The molecule has 1 N–H and O–H groups in total. The highest BCUT2D eigenvalue weighted by Gasteiger charge is 2.12. The third kappa shape index (κ3) is 5.20. The molecule has 1 aliphatic rings. The van der Waals surface area contributed by atoms with Gasteiger partial charge in [-0.25, -0.2) is 4.98 Å². The lowest BCUT2D eigenvalue weighted by Gasteiger charge is -2.28. The molecule has 6 heteroatoms. The van der Waals surface area contributed by atoms with Gasteiger partial charge in [0.05, 0.1) is 25.1 Å². The molecule has 0 aliphatic carbocycles. The van der Waals surface area contributed by atoms with Gasteiger partial charge < -0.3 is 19.9 Å². The number of ether oxygens (including phenoxy) is 1. The van der Waals surface area contributed by atoms with E-state index in [1.165, 1.54) is 6.42 Å². The van der Waals surface area contributed by atoms with Crippen LogP contribution in [0.25, 0.3) is 0 Å². The molecule has 0 bridgehead atoms. The van der Waals surface area contributed by atoms with Gasteiger partial charge in [-0.2, -0.15) is 0 Å². The van der Waals surface area contributed by atoms with Crippen LogP contribution >= 0.6 is 0 Å². The molecule has 2 heterocycles. The molecule has 144 valence electrons. The van der Waals surface area contributed by atoms with Crippen LogP contribution in [-0.2, 0) is 4.74 Å². The van der Waals surface area contributed by atoms with Crippen LogP contribution in [0.4, 0.5) is 17.2 Å². The zero-order valence-electron chi connectivity index (χ0n) is 16.1. The van der Waals surface area contributed by atoms with Gasteiger partial charge in [-0.1, -0.05) is 13.3 Å². The number of amides is 1. The van der Waals surface area contributed by atoms with Crippen LogP contribution in [-0.4, -0.2) is 50.8 Å². The van der Waals surface area contributed by atoms with Crippen LogP contribution in [0, 0.1) is 0 Å². The van der Waals surface area contributed by atoms with Gasteiger partial charge in [-0.15, -0.1) is 0 Å². The van der Waals surface area contributed by atoms with Crippen LogP contribution in [0.1, 0.15) is 30.1 Å². The molecule has 1 amide bonds. The summed E-state index contributed by atoms with van der Waals surface area (Å²) in [5.41, 5.74) is 2.80. The topological polar surface area (TPSA) is 57.7 Å². The average molecular weight is 368 g/mol. The molecule has 1 aliphatic heterocycles. The number of morpholine rings is 1. The normalized spacial score (nSPS) is 14.1. The first-order valence-electron chi connectivity index (χ1n) is 9.58. The standard InChI is InChI=1S/C21H28N4O2/c1-3-4-11-24(2)18-7-5-17(6-8-18)21(26)23-20-10-9-19(16-22-20)25-12-14-27-15-13-25/h5-10,16H,3-4,11-15H2,1-2H3,(H,22,23,26). The van der Waals surface area contributed by atoms with E-state index in [9.17, 15) is 4.79 Å². The van der Waals surface area contributed by atoms with Crippen LogP contribution in [0.3, 0.4) is 0 Å². The number of nitrogens with zero attached hydrogens (tertiary/aromatic N) is 3. The zero-order chi connectivity index (χ0) is 19.1. The van der Waals surface area contributed by atoms with E-state index in [4.69, 9.17) is 4.74 Å². The number of hydrogen-bond acceptors (Lipinski definition) is 5. The Hall–Kier alpha value is -2.60. The van der Waals surface area contributed by atoms with E-state index in [0.29, 0.717) is 11.4 Å². The maximum absolute atomic E-state index is 12.5. The van der Waals surface area contributed by atoms with Gasteiger partial charge in [0, 0.05) is 37.9 Å². The molecule has 1 aromatic carbocycles. The summed E-state index contributed by atoms with van der Waals surface area (Å²) in [5, 5.41) is 2.86. The summed E-state index contributed by atoms with van der Waals surface area (Å²) in [5.74, 6) is 0.408. The van der Waals surface area contributed by atoms with Gasteiger partial charge >= 0.3 is 0 Å². The van der Waals surface area contributed by atoms with E-state index < -0.39 is 0 Å². The molecule has 3 rings (SSSR count). The second-order valence-electron chi connectivity index (χ2n) is 6.78. The van der Waals surface area contributed by atoms with Crippen LogP contribution in [0.2, 0.25) is 0 Å². The number of anilines is 3. The molecular formula is C21H28N4O2. The highest BCUT2D eigenvalue weighted by atomic mass is 16.5. The first-order valence-corrected chi connectivity index (χ1v) is 9.58. The minimum Gasteiger partial charge on any atom is -0.378 e. The monoisotopic (exact) mass is 368 g/mol. The summed E-state index contributed by atoms with van der Waals surface area (Å²) < 4.78 is 5.37. The Morgan fingerprint density at radius 3 is 2.56 bits per heavy atom. The molecule has 0 saturated carbocycles. The molecule has 2 aromatic rings. The number of pyridine rings is 1. The van der Waals surface area contributed by atoms with Gasteiger partial charge in [0.25, 0.3) is 5.91 Å². The Kier molecular flexibility index (Phi) is 6.65. The summed E-state index contributed by atoms with van der Waals surface area (Å²) in [6.07, 6.45) is 4.12. The van der Waals surface area contributed by atoms with E-state index in [-0.39, 0.29) is 5.91 Å². The second-order valence-corrected chi connectivity index (χ2v) is 6.78. The Morgan fingerprint density at radius 2 is 1.93 bits per heavy atom. The summed E-state index contributed by atoms with van der Waals surface area (Å²) in [7, 11) is 2.07. The first-order chi connectivity index (χ1) is 13.2. The zero-order valence-corrected chi connectivity index (χ0v) is 16.1. The minimum atomic E-state index is -0.149. The molecule has 1 saturated heterocycles. The number of aromatic nitrogens is 1. The lowest BCUT2D eigenvalue weighted by molar-refractivity contribution is 0.102. The second kappa shape index (κ2) is 9.37. The fourth-order valence-corrected chi connectivity index (χ4v) is 3.05. The van der Waals surface area contributed by atoms with Crippen molar-refractivity contribution in [3.63, 3.8) is 0 Å². The summed E-state index contributed by atoms with van der Waals surface area (Å²) >= 11 is 0. The fourth-order valence-electron chi connectivity index (χ4n) is 3.05. The molecule has 0 unspecified atom stereocenters. The predicted molar refractivity (Wildman–Crippen MR) is 110 cm³/mol. The summed E-state index contributed by atoms with van der Waals surface area (Å²) in [6.45, 7) is 6.41. The van der Waals surface area contributed by atoms with Crippen molar-refractivity contribution in [2.24, 2.45) is 0 Å². The average Bonchev–Trinajstić information content (AvgIpc) is 2.73. The van der Waals surface area contributed by atoms with Crippen molar-refractivity contribution in [1.82, 2.24) is 4.98 Å².